The molecule has 3 rings (SSSR count). The number of anilines is 1. The van der Waals surface area contributed by atoms with Crippen LogP contribution in [0.25, 0.3) is 11.3 Å². The Morgan fingerprint density at radius 1 is 1.24 bits per heavy atom. The lowest BCUT2D eigenvalue weighted by atomic mass is 9.96. The summed E-state index contributed by atoms with van der Waals surface area (Å²) in [5.74, 6) is -2.03. The van der Waals surface area contributed by atoms with Crippen molar-refractivity contribution in [3.63, 3.8) is 0 Å². The quantitative estimate of drug-likeness (QED) is 0.507. The van der Waals surface area contributed by atoms with Crippen LogP contribution in [0.2, 0.25) is 0 Å². The number of thiazole rings is 1. The predicted molar refractivity (Wildman–Crippen MR) is 124 cm³/mol. The normalized spacial score (nSPS) is 15.1. The zero-order valence-corrected chi connectivity index (χ0v) is 19.7. The second-order valence-corrected chi connectivity index (χ2v) is 9.19. The summed E-state index contributed by atoms with van der Waals surface area (Å²) in [7, 11) is 0. The number of piperidine rings is 1. The Kier molecular flexibility index (Phi) is 9.28. The van der Waals surface area contributed by atoms with Crippen molar-refractivity contribution in [2.24, 2.45) is 5.92 Å². The molecule has 2 amide bonds. The molecule has 0 atom stereocenters. The van der Waals surface area contributed by atoms with Crippen LogP contribution in [0.15, 0.2) is 23.6 Å². The fraction of sp³-hybridized carbons (Fsp3) is 0.522. The van der Waals surface area contributed by atoms with Crippen molar-refractivity contribution >= 4 is 28.3 Å². The van der Waals surface area contributed by atoms with E-state index in [1.165, 1.54) is 17.4 Å². The molecule has 0 spiro atoms. The van der Waals surface area contributed by atoms with E-state index < -0.39 is 11.6 Å². The second-order valence-electron chi connectivity index (χ2n) is 8.33. The van der Waals surface area contributed by atoms with Crippen LogP contribution in [0.5, 0.6) is 0 Å². The minimum absolute atomic E-state index is 0.0343. The van der Waals surface area contributed by atoms with Crippen LogP contribution in [-0.4, -0.2) is 60.6 Å². The van der Waals surface area contributed by atoms with E-state index >= 15 is 0 Å². The van der Waals surface area contributed by atoms with Gasteiger partial charge in [-0.05, 0) is 64.4 Å². The lowest BCUT2D eigenvalue weighted by Gasteiger charge is -2.30. The third-order valence-corrected chi connectivity index (χ3v) is 6.12. The molecule has 1 aliphatic rings. The number of nitrogens with one attached hydrogen (secondary N) is 2. The summed E-state index contributed by atoms with van der Waals surface area (Å²) in [5.41, 5.74) is 0.912. The SMILES string of the molecule is CC(C)OCCCNC(=O)C1CCN(CC(=O)Nc2nc(-c3ccc(F)c(F)c3)cs2)CC1. The fourth-order valence-corrected chi connectivity index (χ4v) is 4.32. The highest BCUT2D eigenvalue weighted by Gasteiger charge is 2.25. The largest absolute Gasteiger partial charge is 0.379 e. The van der Waals surface area contributed by atoms with Crippen LogP contribution >= 0.6 is 11.3 Å². The number of likely N-dealkylation sites (tertiary alicyclic amines) is 1. The molecular weight excluding hydrogens is 450 g/mol. The average Bonchev–Trinajstić information content (AvgIpc) is 3.23. The van der Waals surface area contributed by atoms with Gasteiger partial charge in [0.25, 0.3) is 0 Å². The number of hydrogen-bond acceptors (Lipinski definition) is 6. The molecule has 7 nitrogen and oxygen atoms in total. The van der Waals surface area contributed by atoms with Crippen molar-refractivity contribution in [3.8, 4) is 11.3 Å². The molecule has 2 aromatic rings. The van der Waals surface area contributed by atoms with Gasteiger partial charge < -0.3 is 15.4 Å². The van der Waals surface area contributed by atoms with Gasteiger partial charge in [0.05, 0.1) is 18.3 Å². The monoisotopic (exact) mass is 480 g/mol. The number of rotatable bonds is 10. The summed E-state index contributed by atoms with van der Waals surface area (Å²) >= 11 is 1.22. The maximum atomic E-state index is 13.4. The van der Waals surface area contributed by atoms with Gasteiger partial charge in [0, 0.05) is 30.0 Å². The minimum Gasteiger partial charge on any atom is -0.379 e. The van der Waals surface area contributed by atoms with E-state index in [0.717, 1.165) is 18.6 Å². The summed E-state index contributed by atoms with van der Waals surface area (Å²) in [6, 6.07) is 3.57. The van der Waals surface area contributed by atoms with E-state index in [9.17, 15) is 18.4 Å². The molecule has 0 aliphatic carbocycles. The molecule has 180 valence electrons. The number of ether oxygens (including phenoxy) is 1. The molecule has 0 unspecified atom stereocenters. The number of hydrogen-bond donors (Lipinski definition) is 2. The van der Waals surface area contributed by atoms with Gasteiger partial charge in [-0.3, -0.25) is 14.5 Å². The molecule has 2 heterocycles. The van der Waals surface area contributed by atoms with Gasteiger partial charge in [-0.1, -0.05) is 0 Å². The van der Waals surface area contributed by atoms with Gasteiger partial charge in [-0.2, -0.15) is 0 Å². The van der Waals surface area contributed by atoms with E-state index in [1.54, 1.807) is 5.38 Å². The Morgan fingerprint density at radius 3 is 2.70 bits per heavy atom. The van der Waals surface area contributed by atoms with Gasteiger partial charge >= 0.3 is 0 Å². The van der Waals surface area contributed by atoms with Crippen LogP contribution in [-0.2, 0) is 14.3 Å². The van der Waals surface area contributed by atoms with Crippen LogP contribution in [0.1, 0.15) is 33.1 Å². The maximum absolute atomic E-state index is 13.4. The smallest absolute Gasteiger partial charge is 0.240 e. The molecule has 0 radical (unpaired) electrons. The van der Waals surface area contributed by atoms with E-state index in [1.807, 2.05) is 18.7 Å². The molecule has 33 heavy (non-hydrogen) atoms. The first-order valence-electron chi connectivity index (χ1n) is 11.1. The highest BCUT2D eigenvalue weighted by atomic mass is 32.1. The maximum Gasteiger partial charge on any atom is 0.240 e. The van der Waals surface area contributed by atoms with Crippen molar-refractivity contribution in [2.45, 2.75) is 39.2 Å². The third-order valence-electron chi connectivity index (χ3n) is 5.36. The number of nitrogens with zero attached hydrogens (tertiary/aromatic N) is 2. The Bertz CT molecular complexity index is 946. The molecular formula is C23H30F2N4O3S. The Hall–Kier alpha value is -2.43. The summed E-state index contributed by atoms with van der Waals surface area (Å²) in [5, 5.41) is 7.80. The molecule has 0 saturated carbocycles. The van der Waals surface area contributed by atoms with Crippen LogP contribution in [0.3, 0.4) is 0 Å². The first-order valence-corrected chi connectivity index (χ1v) is 12.0. The average molecular weight is 481 g/mol. The van der Waals surface area contributed by atoms with E-state index in [-0.39, 0.29) is 30.4 Å². The van der Waals surface area contributed by atoms with Crippen molar-refractivity contribution in [1.29, 1.82) is 0 Å². The number of carbonyl (C=O) groups is 2. The van der Waals surface area contributed by atoms with E-state index in [4.69, 9.17) is 4.74 Å². The second kappa shape index (κ2) is 12.2. The lowest BCUT2D eigenvalue weighted by molar-refractivity contribution is -0.126. The first-order chi connectivity index (χ1) is 15.8. The summed E-state index contributed by atoms with van der Waals surface area (Å²) < 4.78 is 32.0. The summed E-state index contributed by atoms with van der Waals surface area (Å²) in [6.07, 6.45) is 2.40. The minimum atomic E-state index is -0.941. The zero-order valence-electron chi connectivity index (χ0n) is 18.9. The van der Waals surface area contributed by atoms with E-state index in [2.05, 4.69) is 15.6 Å². The number of carbonyl (C=O) groups excluding carboxylic acids is 2. The van der Waals surface area contributed by atoms with Crippen molar-refractivity contribution in [3.05, 3.63) is 35.2 Å². The molecule has 1 fully saturated rings. The number of aromatic nitrogens is 1. The van der Waals surface area contributed by atoms with Crippen molar-refractivity contribution in [1.82, 2.24) is 15.2 Å². The van der Waals surface area contributed by atoms with Crippen molar-refractivity contribution < 1.29 is 23.1 Å². The van der Waals surface area contributed by atoms with Gasteiger partial charge in [0.15, 0.2) is 16.8 Å². The Morgan fingerprint density at radius 2 is 2.00 bits per heavy atom. The third kappa shape index (κ3) is 7.83. The highest BCUT2D eigenvalue weighted by molar-refractivity contribution is 7.14. The Labute approximate surface area is 196 Å². The zero-order chi connectivity index (χ0) is 23.8. The van der Waals surface area contributed by atoms with Crippen LogP contribution < -0.4 is 10.6 Å². The van der Waals surface area contributed by atoms with Gasteiger partial charge in [0.2, 0.25) is 11.8 Å². The van der Waals surface area contributed by atoms with Crippen LogP contribution in [0.4, 0.5) is 13.9 Å². The standard InChI is InChI=1S/C23H30F2N4O3S/c1-15(2)32-11-3-8-26-22(31)16-6-9-29(10-7-16)13-21(30)28-23-27-20(14-33-23)17-4-5-18(24)19(25)12-17/h4-5,12,14-16H,3,6-11,13H2,1-2H3,(H,26,31)(H,27,28,30). The van der Waals surface area contributed by atoms with Crippen molar-refractivity contribution in [2.75, 3.05) is 38.1 Å². The Balaban J connectivity index is 1.38. The molecule has 1 aromatic heterocycles. The summed E-state index contributed by atoms with van der Waals surface area (Å²) in [6.45, 7) is 6.75. The molecule has 1 aromatic carbocycles. The first kappa shape index (κ1) is 25.2. The molecule has 10 heteroatoms. The topological polar surface area (TPSA) is 83.6 Å². The van der Waals surface area contributed by atoms with Crippen LogP contribution in [0, 0.1) is 17.6 Å². The molecule has 1 aliphatic heterocycles. The van der Waals surface area contributed by atoms with Gasteiger partial charge in [-0.15, -0.1) is 11.3 Å². The number of benzene rings is 1. The van der Waals surface area contributed by atoms with Gasteiger partial charge in [0.1, 0.15) is 0 Å². The predicted octanol–water partition coefficient (Wildman–Crippen LogP) is 3.67. The fourth-order valence-electron chi connectivity index (χ4n) is 3.58. The highest BCUT2D eigenvalue weighted by Crippen LogP contribution is 2.26. The number of amides is 2. The molecule has 0 bridgehead atoms. The number of halogens is 2. The summed E-state index contributed by atoms with van der Waals surface area (Å²) in [4.78, 5) is 31.0. The molecule has 2 N–H and O–H groups in total. The van der Waals surface area contributed by atoms with Gasteiger partial charge in [-0.25, -0.2) is 13.8 Å². The van der Waals surface area contributed by atoms with E-state index in [0.29, 0.717) is 55.5 Å². The molecule has 1 saturated heterocycles. The lowest BCUT2D eigenvalue weighted by Crippen LogP contribution is -2.43.